The van der Waals surface area contributed by atoms with Crippen LogP contribution in [-0.2, 0) is 9.47 Å². The number of nitrogens with zero attached hydrogens (tertiary/aromatic N) is 4. The highest BCUT2D eigenvalue weighted by atomic mass is 35.5. The van der Waals surface area contributed by atoms with Gasteiger partial charge in [0.15, 0.2) is 7.36 Å². The maximum absolute atomic E-state index is 12.5. The predicted octanol–water partition coefficient (Wildman–Crippen LogP) is 5.84. The molecule has 2 aliphatic rings. The fraction of sp³-hybridized carbons (Fsp3) is 0.280. The molecule has 0 spiro atoms. The number of amidine groups is 1. The lowest BCUT2D eigenvalue weighted by Gasteiger charge is -2.46. The molecule has 10 heteroatoms. The molecule has 0 amide bonds. The van der Waals surface area contributed by atoms with Crippen LogP contribution in [0.3, 0.4) is 0 Å². The number of aliphatic imine (C=N–C) groups is 1. The van der Waals surface area contributed by atoms with Crippen molar-refractivity contribution in [1.29, 1.82) is 0 Å². The number of methoxy groups -OCH3 is 1. The van der Waals surface area contributed by atoms with Crippen LogP contribution >= 0.6 is 30.3 Å². The normalized spacial score (nSPS) is 20.2. The molecule has 0 aliphatic carbocycles. The van der Waals surface area contributed by atoms with Gasteiger partial charge in [0.25, 0.3) is 0 Å². The molecule has 0 radical (unpaired) electrons. The Kier molecular flexibility index (Phi) is 6.84. The molecule has 1 fully saturated rings. The summed E-state index contributed by atoms with van der Waals surface area (Å²) in [5.41, 5.74) is 2.78. The van der Waals surface area contributed by atoms with Crippen LogP contribution in [0.4, 0.5) is 10.7 Å². The average Bonchev–Trinajstić information content (AvgIpc) is 3.33. The lowest BCUT2D eigenvalue weighted by atomic mass is 10.2. The Hall–Kier alpha value is -2.48. The zero-order valence-electron chi connectivity index (χ0n) is 19.8. The summed E-state index contributed by atoms with van der Waals surface area (Å²) < 4.78 is 20.8. The third-order valence-corrected chi connectivity index (χ3v) is 11.4. The summed E-state index contributed by atoms with van der Waals surface area (Å²) in [4.78, 5) is 18.1. The molecule has 2 aromatic carbocycles. The number of carbonyl (C=O) groups is 1. The summed E-state index contributed by atoms with van der Waals surface area (Å²) in [6, 6.07) is 17.9. The maximum Gasteiger partial charge on any atom is 0.348 e. The van der Waals surface area contributed by atoms with Gasteiger partial charge < -0.3 is 14.1 Å². The Morgan fingerprint density at radius 2 is 1.91 bits per heavy atom. The molecule has 1 aromatic heterocycles. The third-order valence-electron chi connectivity index (χ3n) is 6.16. The quantitative estimate of drug-likeness (QED) is 0.314. The summed E-state index contributed by atoms with van der Waals surface area (Å²) >= 11 is 7.86. The highest BCUT2D eigenvalue weighted by Crippen LogP contribution is 2.62. The molecule has 2 aliphatic heterocycles. The van der Waals surface area contributed by atoms with Crippen LogP contribution in [0, 0.1) is 6.92 Å². The standard InChI is InChI=1S/C25H26ClN4O3PS/c1-17-9-10-19(15-20(17)26)28-34(30-11-13-33-14-12-30)21-16-22(25(31)32-3)35-24(21)27-23(29(34)2)18-7-5-4-6-8-18/h4-10,15-16H,11-14H2,1-3H3. The van der Waals surface area contributed by atoms with E-state index in [2.05, 4.69) is 9.34 Å². The van der Waals surface area contributed by atoms with Crippen LogP contribution in [-0.4, -0.2) is 61.6 Å². The van der Waals surface area contributed by atoms with Gasteiger partial charge in [-0.1, -0.05) is 48.0 Å². The summed E-state index contributed by atoms with van der Waals surface area (Å²) in [5.74, 6) is 0.445. The minimum atomic E-state index is -2.63. The van der Waals surface area contributed by atoms with E-state index >= 15 is 0 Å². The number of carbonyl (C=O) groups excluding carboxylic acids is 1. The second kappa shape index (κ2) is 9.88. The van der Waals surface area contributed by atoms with Gasteiger partial charge in [0.05, 0.1) is 31.3 Å². The smallest absolute Gasteiger partial charge is 0.348 e. The van der Waals surface area contributed by atoms with Crippen molar-refractivity contribution >= 4 is 58.1 Å². The van der Waals surface area contributed by atoms with Gasteiger partial charge in [-0.05, 0) is 30.7 Å². The monoisotopic (exact) mass is 528 g/mol. The second-order valence-electron chi connectivity index (χ2n) is 8.29. The lowest BCUT2D eigenvalue weighted by Crippen LogP contribution is -2.45. The van der Waals surface area contributed by atoms with Gasteiger partial charge in [0, 0.05) is 30.7 Å². The van der Waals surface area contributed by atoms with Crippen LogP contribution in [0.1, 0.15) is 20.8 Å². The molecule has 0 saturated carbocycles. The van der Waals surface area contributed by atoms with Crippen LogP contribution in [0.2, 0.25) is 5.02 Å². The molecular formula is C25H26ClN4O3PS. The number of hydrogen-bond acceptors (Lipinski definition) is 6. The third kappa shape index (κ3) is 4.34. The van der Waals surface area contributed by atoms with E-state index in [-0.39, 0.29) is 5.97 Å². The highest BCUT2D eigenvalue weighted by molar-refractivity contribution is 7.71. The molecule has 3 heterocycles. The zero-order chi connectivity index (χ0) is 24.6. The molecule has 5 rings (SSSR count). The van der Waals surface area contributed by atoms with E-state index in [1.54, 1.807) is 0 Å². The molecular weight excluding hydrogens is 503 g/mol. The predicted molar refractivity (Wildman–Crippen MR) is 143 cm³/mol. The molecule has 1 saturated heterocycles. The second-order valence-corrected chi connectivity index (χ2v) is 12.7. The number of hydrogen-bond donors (Lipinski definition) is 0. The molecule has 35 heavy (non-hydrogen) atoms. The van der Waals surface area contributed by atoms with Crippen LogP contribution in [0.25, 0.3) is 0 Å². The van der Waals surface area contributed by atoms with Gasteiger partial charge in [0.2, 0.25) is 0 Å². The average molecular weight is 529 g/mol. The number of benzene rings is 2. The number of aryl methyl sites for hydroxylation is 1. The molecule has 3 aromatic rings. The summed E-state index contributed by atoms with van der Waals surface area (Å²) in [5, 5.41) is 2.40. The Labute approximate surface area is 214 Å². The van der Waals surface area contributed by atoms with E-state index in [1.165, 1.54) is 18.4 Å². The van der Waals surface area contributed by atoms with E-state index < -0.39 is 7.36 Å². The van der Waals surface area contributed by atoms with Crippen molar-refractivity contribution in [3.05, 3.63) is 75.6 Å². The van der Waals surface area contributed by atoms with E-state index in [4.69, 9.17) is 30.8 Å². The van der Waals surface area contributed by atoms with Crippen LogP contribution < -0.4 is 5.30 Å². The van der Waals surface area contributed by atoms with Crippen molar-refractivity contribution in [3.63, 3.8) is 0 Å². The Balaban J connectivity index is 1.82. The first kappa shape index (κ1) is 24.2. The van der Waals surface area contributed by atoms with Gasteiger partial charge in [-0.3, -0.25) is 0 Å². The number of rotatable bonds is 4. The summed E-state index contributed by atoms with van der Waals surface area (Å²) in [6.07, 6.45) is 0. The van der Waals surface area contributed by atoms with Crippen molar-refractivity contribution in [2.45, 2.75) is 6.92 Å². The lowest BCUT2D eigenvalue weighted by molar-refractivity contribution is 0.0606. The van der Waals surface area contributed by atoms with Crippen molar-refractivity contribution in [3.8, 4) is 0 Å². The van der Waals surface area contributed by atoms with Crippen molar-refractivity contribution in [2.75, 3.05) is 40.5 Å². The van der Waals surface area contributed by atoms with E-state index in [9.17, 15) is 4.79 Å². The number of halogens is 1. The van der Waals surface area contributed by atoms with Gasteiger partial charge in [-0.25, -0.2) is 19.2 Å². The fourth-order valence-electron chi connectivity index (χ4n) is 4.33. The fourth-order valence-corrected chi connectivity index (χ4v) is 9.52. The Morgan fingerprint density at radius 1 is 1.17 bits per heavy atom. The molecule has 0 bridgehead atoms. The topological polar surface area (TPSA) is 66.7 Å². The van der Waals surface area contributed by atoms with Crippen LogP contribution in [0.5, 0.6) is 0 Å². The van der Waals surface area contributed by atoms with Crippen molar-refractivity contribution in [1.82, 2.24) is 9.34 Å². The first-order valence-electron chi connectivity index (χ1n) is 11.3. The van der Waals surface area contributed by atoms with Gasteiger partial charge in [-0.2, -0.15) is 0 Å². The zero-order valence-corrected chi connectivity index (χ0v) is 22.2. The number of morpholine rings is 1. The van der Waals surface area contributed by atoms with E-state index in [0.29, 0.717) is 36.2 Å². The first-order chi connectivity index (χ1) is 16.9. The minimum Gasteiger partial charge on any atom is -0.465 e. The number of fused-ring (bicyclic) bond motifs is 1. The molecule has 1 atom stereocenters. The first-order valence-corrected chi connectivity index (χ1v) is 14.1. The van der Waals surface area contributed by atoms with Gasteiger partial charge >= 0.3 is 5.97 Å². The largest absolute Gasteiger partial charge is 0.465 e. The van der Waals surface area contributed by atoms with Crippen molar-refractivity contribution in [2.24, 2.45) is 9.74 Å². The Morgan fingerprint density at radius 3 is 2.60 bits per heavy atom. The summed E-state index contributed by atoms with van der Waals surface area (Å²) in [7, 11) is 0.816. The molecule has 0 N–H and O–H groups in total. The van der Waals surface area contributed by atoms with E-state index in [1.807, 2.05) is 68.6 Å². The SMILES string of the molecule is COC(=O)c1cc2c(s1)N=C(c1ccccc1)N(C)P2(=Nc1ccc(C)c(Cl)c1)N1CCOCC1. The number of thiophene rings is 1. The minimum absolute atomic E-state index is 0.373. The van der Waals surface area contributed by atoms with E-state index in [0.717, 1.165) is 33.0 Å². The molecule has 182 valence electrons. The molecule has 7 nitrogen and oxygen atoms in total. The maximum atomic E-state index is 12.5. The summed E-state index contributed by atoms with van der Waals surface area (Å²) in [6.45, 7) is 4.63. The van der Waals surface area contributed by atoms with Crippen LogP contribution in [0.15, 0.2) is 64.3 Å². The Bertz CT molecular complexity index is 1350. The highest BCUT2D eigenvalue weighted by Gasteiger charge is 2.43. The van der Waals surface area contributed by atoms with Crippen molar-refractivity contribution < 1.29 is 14.3 Å². The number of ether oxygens (including phenoxy) is 2. The van der Waals surface area contributed by atoms with Gasteiger partial charge in [-0.15, -0.1) is 11.3 Å². The van der Waals surface area contributed by atoms with Gasteiger partial charge in [0.1, 0.15) is 15.7 Å². The molecule has 1 unspecified atom stereocenters. The number of esters is 1.